The lowest BCUT2D eigenvalue weighted by Crippen LogP contribution is -2.02. The van der Waals surface area contributed by atoms with E-state index in [1.165, 1.54) is 0 Å². The molecule has 0 amide bonds. The lowest BCUT2D eigenvalue weighted by molar-refractivity contribution is 0.304. The Hall–Kier alpha value is -1.25. The normalized spacial score (nSPS) is 15.8. The molecular weight excluding hydrogens is 164 g/mol. The van der Waals surface area contributed by atoms with E-state index in [0.29, 0.717) is 11.9 Å². The number of hydrogen-bond donors (Lipinski definition) is 1. The summed E-state index contributed by atoms with van der Waals surface area (Å²) in [6, 6.07) is 3.88. The van der Waals surface area contributed by atoms with Gasteiger partial charge in [0, 0.05) is 5.69 Å². The molecule has 13 heavy (non-hydrogen) atoms. The van der Waals surface area contributed by atoms with E-state index in [2.05, 4.69) is 11.9 Å². The average Bonchev–Trinajstić information content (AvgIpc) is 2.92. The van der Waals surface area contributed by atoms with Crippen LogP contribution in [0, 0.1) is 0 Å². The van der Waals surface area contributed by atoms with Crippen LogP contribution in [0.2, 0.25) is 0 Å². The number of pyridine rings is 1. The second-order valence-electron chi connectivity index (χ2n) is 3.36. The first kappa shape index (κ1) is 8.35. The number of nitrogens with two attached hydrogens (primary N) is 1. The third-order valence-electron chi connectivity index (χ3n) is 2.12. The van der Waals surface area contributed by atoms with E-state index < -0.39 is 0 Å². The van der Waals surface area contributed by atoms with Gasteiger partial charge >= 0.3 is 0 Å². The van der Waals surface area contributed by atoms with Gasteiger partial charge in [-0.25, -0.2) is 4.98 Å². The van der Waals surface area contributed by atoms with E-state index in [1.807, 2.05) is 12.1 Å². The lowest BCUT2D eigenvalue weighted by atomic mass is 10.3. The molecule has 3 nitrogen and oxygen atoms in total. The van der Waals surface area contributed by atoms with E-state index >= 15 is 0 Å². The zero-order chi connectivity index (χ0) is 9.26. The summed E-state index contributed by atoms with van der Waals surface area (Å²) in [5, 5.41) is 0. The van der Waals surface area contributed by atoms with Crippen LogP contribution in [0.1, 0.15) is 25.5 Å². The Balaban J connectivity index is 2.15. The summed E-state index contributed by atoms with van der Waals surface area (Å²) < 4.78 is 5.57. The highest BCUT2D eigenvalue weighted by Gasteiger charge is 2.24. The van der Waals surface area contributed by atoms with Crippen molar-refractivity contribution in [3.63, 3.8) is 0 Å². The molecule has 2 N–H and O–H groups in total. The number of aromatic nitrogens is 1. The summed E-state index contributed by atoms with van der Waals surface area (Å²) in [4.78, 5) is 4.23. The van der Waals surface area contributed by atoms with Crippen molar-refractivity contribution in [2.75, 3.05) is 5.73 Å². The topological polar surface area (TPSA) is 48.1 Å². The standard InChI is InChI=1S/C10H14N2O/c1-2-7-3-6-9(10(11)12-7)13-8-4-5-8/h3,6,8H,2,4-5H2,1H3,(H2,11,12). The molecule has 1 aliphatic carbocycles. The molecule has 1 saturated carbocycles. The minimum absolute atomic E-state index is 0.386. The van der Waals surface area contributed by atoms with Crippen LogP contribution >= 0.6 is 0 Å². The molecule has 1 heterocycles. The summed E-state index contributed by atoms with van der Waals surface area (Å²) in [5.41, 5.74) is 6.75. The van der Waals surface area contributed by atoms with Crippen LogP contribution in [0.15, 0.2) is 12.1 Å². The average molecular weight is 178 g/mol. The molecule has 1 aromatic rings. The van der Waals surface area contributed by atoms with Crippen molar-refractivity contribution in [1.82, 2.24) is 4.98 Å². The van der Waals surface area contributed by atoms with Gasteiger partial charge < -0.3 is 10.5 Å². The van der Waals surface area contributed by atoms with Crippen molar-refractivity contribution < 1.29 is 4.74 Å². The molecule has 0 aliphatic heterocycles. The van der Waals surface area contributed by atoms with Crippen LogP contribution in [0.3, 0.4) is 0 Å². The summed E-state index contributed by atoms with van der Waals surface area (Å²) in [6.45, 7) is 2.06. The van der Waals surface area contributed by atoms with Gasteiger partial charge in [0.15, 0.2) is 11.6 Å². The molecule has 0 saturated heterocycles. The third-order valence-corrected chi connectivity index (χ3v) is 2.12. The molecule has 2 rings (SSSR count). The first-order chi connectivity index (χ1) is 6.29. The van der Waals surface area contributed by atoms with Crippen LogP contribution in [-0.2, 0) is 6.42 Å². The number of ether oxygens (including phenoxy) is 1. The summed E-state index contributed by atoms with van der Waals surface area (Å²) >= 11 is 0. The van der Waals surface area contributed by atoms with Crippen molar-refractivity contribution in [2.45, 2.75) is 32.3 Å². The molecule has 0 bridgehead atoms. The number of anilines is 1. The zero-order valence-corrected chi connectivity index (χ0v) is 7.79. The van der Waals surface area contributed by atoms with E-state index in [0.717, 1.165) is 30.7 Å². The summed E-state index contributed by atoms with van der Waals surface area (Å²) in [7, 11) is 0. The fourth-order valence-corrected chi connectivity index (χ4v) is 1.17. The Bertz CT molecular complexity index is 308. The molecule has 1 aromatic heterocycles. The van der Waals surface area contributed by atoms with Crippen molar-refractivity contribution in [1.29, 1.82) is 0 Å². The van der Waals surface area contributed by atoms with Gasteiger partial charge in [-0.2, -0.15) is 0 Å². The smallest absolute Gasteiger partial charge is 0.166 e. The zero-order valence-electron chi connectivity index (χ0n) is 7.79. The van der Waals surface area contributed by atoms with Gasteiger partial charge in [-0.05, 0) is 31.4 Å². The second kappa shape index (κ2) is 3.24. The molecule has 0 spiro atoms. The van der Waals surface area contributed by atoms with Crippen molar-refractivity contribution in [2.24, 2.45) is 0 Å². The Labute approximate surface area is 77.9 Å². The van der Waals surface area contributed by atoms with Gasteiger partial charge in [0.2, 0.25) is 0 Å². The molecule has 3 heteroatoms. The fourth-order valence-electron chi connectivity index (χ4n) is 1.17. The van der Waals surface area contributed by atoms with Gasteiger partial charge in [-0.1, -0.05) is 6.92 Å². The van der Waals surface area contributed by atoms with E-state index in [4.69, 9.17) is 10.5 Å². The summed E-state index contributed by atoms with van der Waals surface area (Å²) in [5.74, 6) is 1.26. The number of hydrogen-bond acceptors (Lipinski definition) is 3. The van der Waals surface area contributed by atoms with Crippen LogP contribution in [0.5, 0.6) is 5.75 Å². The minimum Gasteiger partial charge on any atom is -0.487 e. The molecule has 0 aromatic carbocycles. The van der Waals surface area contributed by atoms with Crippen LogP contribution in [0.25, 0.3) is 0 Å². The Kier molecular flexibility index (Phi) is 2.08. The number of aryl methyl sites for hydroxylation is 1. The van der Waals surface area contributed by atoms with Crippen LogP contribution in [0.4, 0.5) is 5.82 Å². The van der Waals surface area contributed by atoms with E-state index in [-0.39, 0.29) is 0 Å². The SMILES string of the molecule is CCc1ccc(OC2CC2)c(N)n1. The first-order valence-corrected chi connectivity index (χ1v) is 4.71. The minimum atomic E-state index is 0.386. The van der Waals surface area contributed by atoms with Gasteiger partial charge in [-0.3, -0.25) is 0 Å². The van der Waals surface area contributed by atoms with Gasteiger partial charge in [-0.15, -0.1) is 0 Å². The van der Waals surface area contributed by atoms with Crippen molar-refractivity contribution >= 4 is 5.82 Å². The third kappa shape index (κ3) is 1.91. The number of rotatable bonds is 3. The maximum atomic E-state index is 5.74. The van der Waals surface area contributed by atoms with Gasteiger partial charge in [0.1, 0.15) is 0 Å². The molecule has 1 fully saturated rings. The molecular formula is C10H14N2O. The van der Waals surface area contributed by atoms with E-state index in [1.54, 1.807) is 0 Å². The molecule has 1 aliphatic rings. The Morgan fingerprint density at radius 1 is 1.54 bits per heavy atom. The Morgan fingerprint density at radius 2 is 2.31 bits per heavy atom. The van der Waals surface area contributed by atoms with Gasteiger partial charge in [0.25, 0.3) is 0 Å². The number of nitrogen functional groups attached to an aromatic ring is 1. The highest BCUT2D eigenvalue weighted by Crippen LogP contribution is 2.29. The molecule has 0 unspecified atom stereocenters. The quantitative estimate of drug-likeness (QED) is 0.767. The van der Waals surface area contributed by atoms with E-state index in [9.17, 15) is 0 Å². The molecule has 0 radical (unpaired) electrons. The number of nitrogens with zero attached hydrogens (tertiary/aromatic N) is 1. The fraction of sp³-hybridized carbons (Fsp3) is 0.500. The van der Waals surface area contributed by atoms with Crippen LogP contribution in [-0.4, -0.2) is 11.1 Å². The highest BCUT2D eigenvalue weighted by atomic mass is 16.5. The largest absolute Gasteiger partial charge is 0.487 e. The first-order valence-electron chi connectivity index (χ1n) is 4.71. The predicted molar refractivity (Wildman–Crippen MR) is 51.7 cm³/mol. The van der Waals surface area contributed by atoms with Gasteiger partial charge in [0.05, 0.1) is 6.10 Å². The lowest BCUT2D eigenvalue weighted by Gasteiger charge is -2.07. The monoisotopic (exact) mass is 178 g/mol. The molecule has 0 atom stereocenters. The second-order valence-corrected chi connectivity index (χ2v) is 3.36. The maximum absolute atomic E-state index is 5.74. The predicted octanol–water partition coefficient (Wildman–Crippen LogP) is 1.77. The highest BCUT2D eigenvalue weighted by molar-refractivity contribution is 5.46. The summed E-state index contributed by atoms with van der Waals surface area (Å²) in [6.07, 6.45) is 3.59. The molecule has 70 valence electrons. The maximum Gasteiger partial charge on any atom is 0.166 e. The Morgan fingerprint density at radius 3 is 2.85 bits per heavy atom. The van der Waals surface area contributed by atoms with Crippen LogP contribution < -0.4 is 10.5 Å². The van der Waals surface area contributed by atoms with Crippen molar-refractivity contribution in [3.8, 4) is 5.75 Å². The van der Waals surface area contributed by atoms with Crippen molar-refractivity contribution in [3.05, 3.63) is 17.8 Å².